The van der Waals surface area contributed by atoms with E-state index in [1.165, 1.54) is 36.6 Å². The number of piperazine rings is 1. The Kier molecular flexibility index (Phi) is 5.41. The monoisotopic (exact) mass is 409 g/mol. The first-order valence-electron chi connectivity index (χ1n) is 8.71. The van der Waals surface area contributed by atoms with E-state index in [9.17, 15) is 18.0 Å². The lowest BCUT2D eigenvalue weighted by Crippen LogP contribution is -2.58. The number of fused-ring (bicyclic) bond motifs is 1. The molecule has 3 rings (SSSR count). The lowest BCUT2D eigenvalue weighted by Gasteiger charge is -2.39. The summed E-state index contributed by atoms with van der Waals surface area (Å²) in [4.78, 5) is 34.2. The molecule has 1 N–H and O–H groups in total. The maximum absolute atomic E-state index is 12.9. The Balaban J connectivity index is 1.83. The van der Waals surface area contributed by atoms with Crippen LogP contribution in [0, 0.1) is 0 Å². The van der Waals surface area contributed by atoms with Gasteiger partial charge in [0.2, 0.25) is 0 Å². The molecule has 152 valence electrons. The van der Waals surface area contributed by atoms with Gasteiger partial charge in [0.05, 0.1) is 18.1 Å². The zero-order valence-electron chi connectivity index (χ0n) is 16.2. The Morgan fingerprint density at radius 3 is 2.64 bits per heavy atom. The van der Waals surface area contributed by atoms with E-state index in [-0.39, 0.29) is 25.2 Å². The molecule has 11 heteroatoms. The van der Waals surface area contributed by atoms with Crippen LogP contribution in [-0.4, -0.2) is 90.5 Å². The molecular formula is C17H23N5O5S. The first-order chi connectivity index (χ1) is 13.2. The number of amides is 1. The van der Waals surface area contributed by atoms with Gasteiger partial charge < -0.3 is 14.6 Å². The zero-order valence-corrected chi connectivity index (χ0v) is 17.0. The second-order valence-corrected chi connectivity index (χ2v) is 8.91. The number of aromatic nitrogens is 2. The molecule has 0 saturated carbocycles. The van der Waals surface area contributed by atoms with Crippen molar-refractivity contribution in [1.29, 1.82) is 0 Å². The van der Waals surface area contributed by atoms with Gasteiger partial charge in [-0.25, -0.2) is 4.98 Å². The molecule has 0 aliphatic carbocycles. The quantitative estimate of drug-likeness (QED) is 0.553. The molecule has 1 amide bonds. The molecule has 0 spiro atoms. The van der Waals surface area contributed by atoms with E-state index in [2.05, 4.69) is 9.97 Å². The van der Waals surface area contributed by atoms with Crippen molar-refractivity contribution >= 4 is 32.9 Å². The van der Waals surface area contributed by atoms with Crippen LogP contribution in [0.3, 0.4) is 0 Å². The second kappa shape index (κ2) is 7.49. The lowest BCUT2D eigenvalue weighted by molar-refractivity contribution is -0.129. The summed E-state index contributed by atoms with van der Waals surface area (Å²) < 4.78 is 32.3. The molecule has 0 radical (unpaired) electrons. The highest BCUT2D eigenvalue weighted by molar-refractivity contribution is 7.86. The number of aromatic amines is 1. The molecular weight excluding hydrogens is 386 g/mol. The number of rotatable bonds is 5. The molecule has 1 atom stereocenters. The van der Waals surface area contributed by atoms with Gasteiger partial charge in [0.1, 0.15) is 11.4 Å². The van der Waals surface area contributed by atoms with Gasteiger partial charge >= 0.3 is 0 Å². The first-order valence-corrected chi connectivity index (χ1v) is 10.1. The molecule has 1 aliphatic rings. The fourth-order valence-corrected chi connectivity index (χ4v) is 4.47. The van der Waals surface area contributed by atoms with E-state index >= 15 is 0 Å². The van der Waals surface area contributed by atoms with E-state index in [1.807, 2.05) is 0 Å². The Bertz CT molecular complexity index is 1020. The SMILES string of the molecule is COc1ccnc2[nH]cc(C(=O)C(=O)N3CCN(S(=O)(=O)N(C)C)C[C@H]3C)c12. The van der Waals surface area contributed by atoms with Crippen molar-refractivity contribution in [3.8, 4) is 5.75 Å². The van der Waals surface area contributed by atoms with Gasteiger partial charge in [-0.05, 0) is 13.0 Å². The van der Waals surface area contributed by atoms with Gasteiger partial charge in [-0.15, -0.1) is 0 Å². The number of carbonyl (C=O) groups is 2. The van der Waals surface area contributed by atoms with Crippen LogP contribution in [-0.2, 0) is 15.0 Å². The summed E-state index contributed by atoms with van der Waals surface area (Å²) in [7, 11) is 0.823. The van der Waals surface area contributed by atoms with Crippen LogP contribution in [0.25, 0.3) is 11.0 Å². The number of ketones is 1. The van der Waals surface area contributed by atoms with Gasteiger partial charge in [-0.3, -0.25) is 9.59 Å². The number of nitrogens with zero attached hydrogens (tertiary/aromatic N) is 4. The van der Waals surface area contributed by atoms with Crippen molar-refractivity contribution in [3.05, 3.63) is 24.0 Å². The first kappa shape index (κ1) is 20.2. The summed E-state index contributed by atoms with van der Waals surface area (Å²) in [6.45, 7) is 2.11. The van der Waals surface area contributed by atoms with Gasteiger partial charge in [-0.2, -0.15) is 17.0 Å². The van der Waals surface area contributed by atoms with Crippen LogP contribution in [0.2, 0.25) is 0 Å². The number of hydrogen-bond acceptors (Lipinski definition) is 6. The largest absolute Gasteiger partial charge is 0.496 e. The number of nitrogens with one attached hydrogen (secondary N) is 1. The molecule has 0 unspecified atom stereocenters. The lowest BCUT2D eigenvalue weighted by atomic mass is 10.1. The summed E-state index contributed by atoms with van der Waals surface area (Å²) >= 11 is 0. The topological polar surface area (TPSA) is 116 Å². The van der Waals surface area contributed by atoms with Crippen LogP contribution in [0.5, 0.6) is 5.75 Å². The molecule has 1 aliphatic heterocycles. The predicted molar refractivity (Wildman–Crippen MR) is 102 cm³/mol. The number of H-pyrrole nitrogens is 1. The Morgan fingerprint density at radius 2 is 2.04 bits per heavy atom. The minimum absolute atomic E-state index is 0.123. The van der Waals surface area contributed by atoms with Crippen molar-refractivity contribution in [2.75, 3.05) is 40.8 Å². The minimum Gasteiger partial charge on any atom is -0.496 e. The standard InChI is InChI=1S/C17H23N5O5S/c1-11-10-21(28(25,26)20(2)3)7-8-22(11)17(24)15(23)12-9-19-16-14(12)13(27-4)5-6-18-16/h5-6,9,11H,7-8,10H2,1-4H3,(H,18,19)/t11-/m1/s1. The third kappa shape index (κ3) is 3.36. The maximum atomic E-state index is 12.9. The second-order valence-electron chi connectivity index (χ2n) is 6.76. The smallest absolute Gasteiger partial charge is 0.295 e. The number of pyridine rings is 1. The van der Waals surface area contributed by atoms with E-state index in [0.29, 0.717) is 16.8 Å². The van der Waals surface area contributed by atoms with Gasteiger partial charge in [-0.1, -0.05) is 0 Å². The summed E-state index contributed by atoms with van der Waals surface area (Å²) in [5.41, 5.74) is 0.630. The molecule has 1 saturated heterocycles. The summed E-state index contributed by atoms with van der Waals surface area (Å²) in [5.74, 6) is -0.924. The predicted octanol–water partition coefficient (Wildman–Crippen LogP) is 0.0933. The van der Waals surface area contributed by atoms with Crippen LogP contribution in [0.15, 0.2) is 18.5 Å². The highest BCUT2D eigenvalue weighted by atomic mass is 32.2. The van der Waals surface area contributed by atoms with Crippen molar-refractivity contribution < 1.29 is 22.7 Å². The summed E-state index contributed by atoms with van der Waals surface area (Å²) in [5, 5.41) is 0.449. The van der Waals surface area contributed by atoms with E-state index in [4.69, 9.17) is 4.74 Å². The average molecular weight is 409 g/mol. The summed E-state index contributed by atoms with van der Waals surface area (Å²) in [6.07, 6.45) is 2.98. The van der Waals surface area contributed by atoms with E-state index < -0.39 is 27.9 Å². The van der Waals surface area contributed by atoms with E-state index in [0.717, 1.165) is 4.31 Å². The number of Topliss-reactive ketones (excluding diaryl/α,β-unsaturated/α-hetero) is 1. The maximum Gasteiger partial charge on any atom is 0.295 e. The Labute approximate surface area is 163 Å². The third-order valence-corrected chi connectivity index (χ3v) is 6.74. The third-order valence-electron chi connectivity index (χ3n) is 4.83. The van der Waals surface area contributed by atoms with Gasteiger partial charge in [0.25, 0.3) is 21.9 Å². The van der Waals surface area contributed by atoms with Crippen LogP contribution in [0.1, 0.15) is 17.3 Å². The number of ether oxygens (including phenoxy) is 1. The fraction of sp³-hybridized carbons (Fsp3) is 0.471. The molecule has 3 heterocycles. The average Bonchev–Trinajstić information content (AvgIpc) is 3.10. The highest BCUT2D eigenvalue weighted by Gasteiger charge is 2.37. The molecule has 28 heavy (non-hydrogen) atoms. The van der Waals surface area contributed by atoms with Crippen molar-refractivity contribution in [2.45, 2.75) is 13.0 Å². The molecule has 1 fully saturated rings. The summed E-state index contributed by atoms with van der Waals surface area (Å²) in [6, 6.07) is 1.18. The molecule has 10 nitrogen and oxygen atoms in total. The Hall–Kier alpha value is -2.50. The number of hydrogen-bond donors (Lipinski definition) is 1. The highest BCUT2D eigenvalue weighted by Crippen LogP contribution is 2.28. The van der Waals surface area contributed by atoms with Gasteiger partial charge in [0, 0.05) is 52.2 Å². The fourth-order valence-electron chi connectivity index (χ4n) is 3.29. The molecule has 2 aromatic heterocycles. The number of methoxy groups -OCH3 is 1. The van der Waals surface area contributed by atoms with Crippen molar-refractivity contribution in [2.24, 2.45) is 0 Å². The zero-order chi connectivity index (χ0) is 20.6. The molecule has 0 bridgehead atoms. The van der Waals surface area contributed by atoms with Gasteiger partial charge in [0.15, 0.2) is 0 Å². The van der Waals surface area contributed by atoms with E-state index in [1.54, 1.807) is 19.2 Å². The van der Waals surface area contributed by atoms with Crippen molar-refractivity contribution in [1.82, 2.24) is 23.5 Å². The molecule has 0 aromatic carbocycles. The normalized spacial score (nSPS) is 18.6. The minimum atomic E-state index is -3.57. The van der Waals surface area contributed by atoms with Crippen LogP contribution in [0.4, 0.5) is 0 Å². The van der Waals surface area contributed by atoms with Crippen LogP contribution >= 0.6 is 0 Å². The molecule has 2 aromatic rings. The number of carbonyl (C=O) groups excluding carboxylic acids is 2. The van der Waals surface area contributed by atoms with Crippen LogP contribution < -0.4 is 4.74 Å². The Morgan fingerprint density at radius 1 is 1.32 bits per heavy atom. The van der Waals surface area contributed by atoms with Crippen molar-refractivity contribution in [3.63, 3.8) is 0 Å².